The van der Waals surface area contributed by atoms with Gasteiger partial charge in [0.1, 0.15) is 17.5 Å². The first-order valence-corrected chi connectivity index (χ1v) is 6.23. The van der Waals surface area contributed by atoms with Gasteiger partial charge in [-0.2, -0.15) is 0 Å². The van der Waals surface area contributed by atoms with Gasteiger partial charge in [-0.1, -0.05) is 13.0 Å². The number of halogens is 2. The van der Waals surface area contributed by atoms with Gasteiger partial charge in [0, 0.05) is 24.6 Å². The van der Waals surface area contributed by atoms with Crippen LogP contribution in [-0.4, -0.2) is 21.1 Å². The van der Waals surface area contributed by atoms with Gasteiger partial charge in [-0.15, -0.1) is 5.10 Å². The highest BCUT2D eigenvalue weighted by Crippen LogP contribution is 2.09. The Kier molecular flexibility index (Phi) is 4.39. The van der Waals surface area contributed by atoms with E-state index in [-0.39, 0.29) is 17.9 Å². The molecular formula is C13H14F2N4O. The average Bonchev–Trinajstić information content (AvgIpc) is 2.86. The predicted molar refractivity (Wildman–Crippen MR) is 67.9 cm³/mol. The van der Waals surface area contributed by atoms with E-state index in [0.29, 0.717) is 12.2 Å². The molecule has 2 rings (SSSR count). The van der Waals surface area contributed by atoms with E-state index >= 15 is 0 Å². The van der Waals surface area contributed by atoms with Crippen LogP contribution in [0, 0.1) is 11.6 Å². The van der Waals surface area contributed by atoms with E-state index in [9.17, 15) is 13.6 Å². The Balaban J connectivity index is 1.97. The smallest absolute Gasteiger partial charge is 0.291 e. The minimum Gasteiger partial charge on any atom is -0.345 e. The van der Waals surface area contributed by atoms with E-state index < -0.39 is 17.5 Å². The van der Waals surface area contributed by atoms with Gasteiger partial charge in [0.25, 0.3) is 5.91 Å². The summed E-state index contributed by atoms with van der Waals surface area (Å²) in [4.78, 5) is 15.8. The first-order valence-electron chi connectivity index (χ1n) is 6.23. The van der Waals surface area contributed by atoms with Crippen LogP contribution in [0.1, 0.15) is 35.4 Å². The number of aryl methyl sites for hydroxylation is 1. The summed E-state index contributed by atoms with van der Waals surface area (Å²) < 4.78 is 26.1. The van der Waals surface area contributed by atoms with Crippen LogP contribution in [0.4, 0.5) is 8.78 Å². The first-order chi connectivity index (χ1) is 9.60. The van der Waals surface area contributed by atoms with Crippen molar-refractivity contribution in [3.05, 3.63) is 47.0 Å². The van der Waals surface area contributed by atoms with E-state index in [1.807, 2.05) is 6.92 Å². The topological polar surface area (TPSA) is 70.7 Å². The third-order valence-electron chi connectivity index (χ3n) is 2.68. The van der Waals surface area contributed by atoms with Crippen LogP contribution < -0.4 is 5.32 Å². The standard InChI is InChI=1S/C13H14F2N4O/c1-2-3-11-17-12(19-18-11)13(20)16-7-8-4-5-9(14)6-10(8)15/h4-6H,2-3,7H2,1H3,(H,16,20)(H,17,18,19). The third-order valence-corrected chi connectivity index (χ3v) is 2.68. The van der Waals surface area contributed by atoms with Crippen molar-refractivity contribution < 1.29 is 13.6 Å². The van der Waals surface area contributed by atoms with Crippen molar-refractivity contribution in [1.29, 1.82) is 0 Å². The molecule has 0 aliphatic carbocycles. The molecule has 1 heterocycles. The highest BCUT2D eigenvalue weighted by Gasteiger charge is 2.13. The van der Waals surface area contributed by atoms with Gasteiger partial charge in [-0.25, -0.2) is 13.8 Å². The maximum atomic E-state index is 13.4. The molecule has 1 aromatic heterocycles. The SMILES string of the molecule is CCCc1nc(C(=O)NCc2ccc(F)cc2F)n[nH]1. The average molecular weight is 280 g/mol. The summed E-state index contributed by atoms with van der Waals surface area (Å²) in [7, 11) is 0. The number of benzene rings is 1. The fourth-order valence-corrected chi connectivity index (χ4v) is 1.67. The van der Waals surface area contributed by atoms with Gasteiger partial charge in [0.15, 0.2) is 0 Å². The highest BCUT2D eigenvalue weighted by atomic mass is 19.1. The van der Waals surface area contributed by atoms with Gasteiger partial charge in [0.2, 0.25) is 5.82 Å². The molecule has 0 radical (unpaired) electrons. The largest absolute Gasteiger partial charge is 0.345 e. The highest BCUT2D eigenvalue weighted by molar-refractivity contribution is 5.90. The summed E-state index contributed by atoms with van der Waals surface area (Å²) in [6.45, 7) is 1.93. The number of carbonyl (C=O) groups is 1. The number of aromatic amines is 1. The molecule has 0 aliphatic heterocycles. The molecule has 0 aliphatic rings. The number of nitrogens with one attached hydrogen (secondary N) is 2. The van der Waals surface area contributed by atoms with E-state index in [1.54, 1.807) is 0 Å². The summed E-state index contributed by atoms with van der Waals surface area (Å²) in [5, 5.41) is 8.93. The lowest BCUT2D eigenvalue weighted by Gasteiger charge is -2.04. The number of nitrogens with zero attached hydrogens (tertiary/aromatic N) is 2. The maximum absolute atomic E-state index is 13.4. The summed E-state index contributed by atoms with van der Waals surface area (Å²) in [6.07, 6.45) is 1.59. The number of carbonyl (C=O) groups excluding carboxylic acids is 1. The molecule has 2 N–H and O–H groups in total. The molecule has 0 bridgehead atoms. The lowest BCUT2D eigenvalue weighted by atomic mass is 10.2. The molecule has 0 spiro atoms. The molecule has 1 aromatic carbocycles. The second-order valence-corrected chi connectivity index (χ2v) is 4.27. The zero-order valence-electron chi connectivity index (χ0n) is 10.9. The zero-order valence-corrected chi connectivity index (χ0v) is 10.9. The van der Waals surface area contributed by atoms with Crippen molar-refractivity contribution >= 4 is 5.91 Å². The van der Waals surface area contributed by atoms with Gasteiger partial charge < -0.3 is 5.32 Å². The van der Waals surface area contributed by atoms with E-state index in [4.69, 9.17) is 0 Å². The van der Waals surface area contributed by atoms with Crippen LogP contribution in [0.25, 0.3) is 0 Å². The van der Waals surface area contributed by atoms with Crippen LogP contribution in [0.15, 0.2) is 18.2 Å². The van der Waals surface area contributed by atoms with E-state index in [1.165, 1.54) is 6.07 Å². The van der Waals surface area contributed by atoms with Crippen molar-refractivity contribution in [1.82, 2.24) is 20.5 Å². The maximum Gasteiger partial charge on any atom is 0.291 e. The molecule has 2 aromatic rings. The number of H-pyrrole nitrogens is 1. The Morgan fingerprint density at radius 2 is 2.20 bits per heavy atom. The number of hydrogen-bond acceptors (Lipinski definition) is 3. The number of rotatable bonds is 5. The molecule has 0 saturated heterocycles. The summed E-state index contributed by atoms with van der Waals surface area (Å²) >= 11 is 0. The molecule has 20 heavy (non-hydrogen) atoms. The van der Waals surface area contributed by atoms with Crippen molar-refractivity contribution in [3.63, 3.8) is 0 Å². The number of amides is 1. The Hall–Kier alpha value is -2.31. The summed E-state index contributed by atoms with van der Waals surface area (Å²) in [5.41, 5.74) is 0.198. The Labute approximate surface area is 114 Å². The van der Waals surface area contributed by atoms with Crippen LogP contribution in [0.3, 0.4) is 0 Å². The third kappa shape index (κ3) is 3.37. The molecule has 106 valence electrons. The van der Waals surface area contributed by atoms with Crippen molar-refractivity contribution in [3.8, 4) is 0 Å². The monoisotopic (exact) mass is 280 g/mol. The van der Waals surface area contributed by atoms with Crippen LogP contribution >= 0.6 is 0 Å². The summed E-state index contributed by atoms with van der Waals surface area (Å²) in [5.74, 6) is -1.23. The van der Waals surface area contributed by atoms with Gasteiger partial charge >= 0.3 is 0 Å². The van der Waals surface area contributed by atoms with Crippen molar-refractivity contribution in [2.75, 3.05) is 0 Å². The fraction of sp³-hybridized carbons (Fsp3) is 0.308. The first kappa shape index (κ1) is 14.1. The normalized spacial score (nSPS) is 10.6. The van der Waals surface area contributed by atoms with Crippen molar-refractivity contribution in [2.24, 2.45) is 0 Å². The minimum absolute atomic E-state index is 0.0102. The quantitative estimate of drug-likeness (QED) is 0.879. The lowest BCUT2D eigenvalue weighted by molar-refractivity contribution is 0.0940. The van der Waals surface area contributed by atoms with Crippen molar-refractivity contribution in [2.45, 2.75) is 26.3 Å². The lowest BCUT2D eigenvalue weighted by Crippen LogP contribution is -2.24. The molecule has 7 heteroatoms. The molecule has 0 unspecified atom stereocenters. The molecule has 0 atom stereocenters. The molecule has 0 saturated carbocycles. The second-order valence-electron chi connectivity index (χ2n) is 4.27. The van der Waals surface area contributed by atoms with Crippen LogP contribution in [-0.2, 0) is 13.0 Å². The van der Waals surface area contributed by atoms with E-state index in [0.717, 1.165) is 18.6 Å². The zero-order chi connectivity index (χ0) is 14.5. The molecule has 5 nitrogen and oxygen atoms in total. The Morgan fingerprint density at radius 3 is 2.90 bits per heavy atom. The minimum atomic E-state index is -0.702. The second kappa shape index (κ2) is 6.23. The van der Waals surface area contributed by atoms with Crippen LogP contribution in [0.2, 0.25) is 0 Å². The molecule has 1 amide bonds. The summed E-state index contributed by atoms with van der Waals surface area (Å²) in [6, 6.07) is 3.19. The predicted octanol–water partition coefficient (Wildman–Crippen LogP) is 1.97. The Morgan fingerprint density at radius 1 is 1.40 bits per heavy atom. The van der Waals surface area contributed by atoms with E-state index in [2.05, 4.69) is 20.5 Å². The van der Waals surface area contributed by atoms with Gasteiger partial charge in [0.05, 0.1) is 0 Å². The van der Waals surface area contributed by atoms with Gasteiger partial charge in [-0.3, -0.25) is 9.89 Å². The fourth-order valence-electron chi connectivity index (χ4n) is 1.67. The van der Waals surface area contributed by atoms with Gasteiger partial charge in [-0.05, 0) is 12.5 Å². The molecule has 0 fully saturated rings. The number of aromatic nitrogens is 3. The van der Waals surface area contributed by atoms with Crippen LogP contribution in [0.5, 0.6) is 0 Å². The molecular weight excluding hydrogens is 266 g/mol. The Bertz CT molecular complexity index is 612. The number of hydrogen-bond donors (Lipinski definition) is 2.